The quantitative estimate of drug-likeness (QED) is 0.773. The molecule has 1 aliphatic rings. The van der Waals surface area contributed by atoms with Crippen LogP contribution < -0.4 is 5.32 Å². The van der Waals surface area contributed by atoms with Crippen LogP contribution in [0.25, 0.3) is 11.0 Å². The number of benzene rings is 1. The molecule has 1 aliphatic carbocycles. The molecule has 96 valence electrons. The van der Waals surface area contributed by atoms with Gasteiger partial charge in [0.1, 0.15) is 5.82 Å². The van der Waals surface area contributed by atoms with Gasteiger partial charge in [-0.1, -0.05) is 6.07 Å². The Hall–Kier alpha value is -1.39. The zero-order valence-electron chi connectivity index (χ0n) is 10.6. The predicted octanol–water partition coefficient (Wildman–Crippen LogP) is 1.87. The molecular formula is C14H19N3O. The number of hydrogen-bond donors (Lipinski definition) is 3. The highest BCUT2D eigenvalue weighted by Crippen LogP contribution is 2.19. The number of rotatable bonds is 3. The van der Waals surface area contributed by atoms with Crippen LogP contribution in [-0.4, -0.2) is 27.2 Å². The van der Waals surface area contributed by atoms with Gasteiger partial charge in [-0.25, -0.2) is 4.98 Å². The van der Waals surface area contributed by atoms with E-state index in [0.717, 1.165) is 42.7 Å². The van der Waals surface area contributed by atoms with E-state index in [-0.39, 0.29) is 12.1 Å². The molecule has 0 radical (unpaired) electrons. The summed E-state index contributed by atoms with van der Waals surface area (Å²) in [6, 6.07) is 6.52. The van der Waals surface area contributed by atoms with Gasteiger partial charge in [0.15, 0.2) is 0 Å². The van der Waals surface area contributed by atoms with Gasteiger partial charge in [0.25, 0.3) is 0 Å². The second-order valence-corrected chi connectivity index (χ2v) is 5.16. The highest BCUT2D eigenvalue weighted by atomic mass is 16.3. The van der Waals surface area contributed by atoms with Gasteiger partial charge < -0.3 is 15.4 Å². The lowest BCUT2D eigenvalue weighted by molar-refractivity contribution is 0.148. The lowest BCUT2D eigenvalue weighted by Crippen LogP contribution is -2.34. The zero-order valence-corrected chi connectivity index (χ0v) is 10.6. The number of nitrogens with one attached hydrogen (secondary N) is 2. The standard InChI is InChI=1S/C14H19N3O/c1-9-16-11-6-5-10(7-13(11)17-9)8-15-12-3-2-4-14(12)18/h5-7,12,14-15,18H,2-4,8H2,1H3,(H,16,17)/t12-,14+/m1/s1. The minimum atomic E-state index is -0.178. The van der Waals surface area contributed by atoms with Gasteiger partial charge in [-0.2, -0.15) is 0 Å². The van der Waals surface area contributed by atoms with E-state index < -0.39 is 0 Å². The van der Waals surface area contributed by atoms with Crippen molar-refractivity contribution in [3.63, 3.8) is 0 Å². The van der Waals surface area contributed by atoms with Crippen LogP contribution in [0.1, 0.15) is 30.7 Å². The lowest BCUT2D eigenvalue weighted by Gasteiger charge is -2.16. The number of aliphatic hydroxyl groups is 1. The van der Waals surface area contributed by atoms with E-state index in [2.05, 4.69) is 27.4 Å². The summed E-state index contributed by atoms with van der Waals surface area (Å²) < 4.78 is 0. The molecule has 1 fully saturated rings. The summed E-state index contributed by atoms with van der Waals surface area (Å²) in [5.41, 5.74) is 3.32. The number of aliphatic hydroxyl groups excluding tert-OH is 1. The number of aromatic nitrogens is 2. The first-order valence-electron chi connectivity index (χ1n) is 6.59. The molecular weight excluding hydrogens is 226 g/mol. The molecule has 0 spiro atoms. The molecule has 1 saturated carbocycles. The molecule has 2 atom stereocenters. The molecule has 0 amide bonds. The van der Waals surface area contributed by atoms with Crippen molar-refractivity contribution in [2.24, 2.45) is 0 Å². The van der Waals surface area contributed by atoms with Crippen molar-refractivity contribution >= 4 is 11.0 Å². The Labute approximate surface area is 106 Å². The minimum absolute atomic E-state index is 0.178. The van der Waals surface area contributed by atoms with Gasteiger partial charge in [0, 0.05) is 12.6 Å². The van der Waals surface area contributed by atoms with Gasteiger partial charge >= 0.3 is 0 Å². The summed E-state index contributed by atoms with van der Waals surface area (Å²) in [5, 5.41) is 13.2. The van der Waals surface area contributed by atoms with E-state index in [4.69, 9.17) is 0 Å². The highest BCUT2D eigenvalue weighted by molar-refractivity contribution is 5.75. The molecule has 3 rings (SSSR count). The van der Waals surface area contributed by atoms with Crippen molar-refractivity contribution in [2.45, 2.75) is 44.9 Å². The molecule has 0 saturated heterocycles. The summed E-state index contributed by atoms with van der Waals surface area (Å²) >= 11 is 0. The maximum absolute atomic E-state index is 9.76. The fourth-order valence-corrected chi connectivity index (χ4v) is 2.72. The average molecular weight is 245 g/mol. The summed E-state index contributed by atoms with van der Waals surface area (Å²) in [6.07, 6.45) is 2.95. The Morgan fingerprint density at radius 2 is 2.33 bits per heavy atom. The second-order valence-electron chi connectivity index (χ2n) is 5.16. The van der Waals surface area contributed by atoms with Crippen molar-refractivity contribution < 1.29 is 5.11 Å². The third-order valence-electron chi connectivity index (χ3n) is 3.71. The number of H-pyrrole nitrogens is 1. The summed E-state index contributed by atoms with van der Waals surface area (Å²) in [7, 11) is 0. The van der Waals surface area contributed by atoms with E-state index in [1.54, 1.807) is 0 Å². The minimum Gasteiger partial charge on any atom is -0.392 e. The normalized spacial score (nSPS) is 23.9. The molecule has 0 unspecified atom stereocenters. The summed E-state index contributed by atoms with van der Waals surface area (Å²) in [5.74, 6) is 0.946. The number of imidazole rings is 1. The van der Waals surface area contributed by atoms with Crippen LogP contribution in [-0.2, 0) is 6.54 Å². The maximum atomic E-state index is 9.76. The Balaban J connectivity index is 1.70. The largest absolute Gasteiger partial charge is 0.392 e. The van der Waals surface area contributed by atoms with E-state index in [1.807, 2.05) is 13.0 Å². The van der Waals surface area contributed by atoms with Crippen molar-refractivity contribution in [2.75, 3.05) is 0 Å². The number of fused-ring (bicyclic) bond motifs is 1. The fraction of sp³-hybridized carbons (Fsp3) is 0.500. The van der Waals surface area contributed by atoms with E-state index >= 15 is 0 Å². The van der Waals surface area contributed by atoms with Gasteiger partial charge in [-0.15, -0.1) is 0 Å². The Morgan fingerprint density at radius 3 is 3.11 bits per heavy atom. The molecule has 1 aromatic carbocycles. The van der Waals surface area contributed by atoms with Crippen LogP contribution in [0.3, 0.4) is 0 Å². The molecule has 1 heterocycles. The zero-order chi connectivity index (χ0) is 12.5. The van der Waals surface area contributed by atoms with Gasteiger partial charge in [0.2, 0.25) is 0 Å². The van der Waals surface area contributed by atoms with Crippen LogP contribution in [0.5, 0.6) is 0 Å². The Kier molecular flexibility index (Phi) is 3.06. The topological polar surface area (TPSA) is 60.9 Å². The number of nitrogens with zero attached hydrogens (tertiary/aromatic N) is 1. The Morgan fingerprint density at radius 1 is 1.44 bits per heavy atom. The first kappa shape index (κ1) is 11.7. The van der Waals surface area contributed by atoms with E-state index in [9.17, 15) is 5.11 Å². The number of aromatic amines is 1. The monoisotopic (exact) mass is 245 g/mol. The molecule has 0 bridgehead atoms. The fourth-order valence-electron chi connectivity index (χ4n) is 2.72. The Bertz CT molecular complexity index is 549. The van der Waals surface area contributed by atoms with Crippen molar-refractivity contribution in [1.82, 2.24) is 15.3 Å². The number of hydrogen-bond acceptors (Lipinski definition) is 3. The van der Waals surface area contributed by atoms with Crippen LogP contribution >= 0.6 is 0 Å². The summed E-state index contributed by atoms with van der Waals surface area (Å²) in [6.45, 7) is 2.77. The molecule has 0 aliphatic heterocycles. The average Bonchev–Trinajstić information content (AvgIpc) is 2.90. The smallest absolute Gasteiger partial charge is 0.104 e. The van der Waals surface area contributed by atoms with Crippen molar-refractivity contribution in [3.05, 3.63) is 29.6 Å². The van der Waals surface area contributed by atoms with Gasteiger partial charge in [-0.05, 0) is 43.9 Å². The van der Waals surface area contributed by atoms with Crippen LogP contribution in [0.15, 0.2) is 18.2 Å². The molecule has 2 aromatic rings. The van der Waals surface area contributed by atoms with Crippen molar-refractivity contribution in [3.8, 4) is 0 Å². The summed E-state index contributed by atoms with van der Waals surface area (Å²) in [4.78, 5) is 7.64. The number of aryl methyl sites for hydroxylation is 1. The maximum Gasteiger partial charge on any atom is 0.104 e. The van der Waals surface area contributed by atoms with Crippen LogP contribution in [0, 0.1) is 6.92 Å². The third-order valence-corrected chi connectivity index (χ3v) is 3.71. The molecule has 3 N–H and O–H groups in total. The van der Waals surface area contributed by atoms with E-state index in [0.29, 0.717) is 0 Å². The van der Waals surface area contributed by atoms with Crippen LogP contribution in [0.2, 0.25) is 0 Å². The predicted molar refractivity (Wildman–Crippen MR) is 71.3 cm³/mol. The SMILES string of the molecule is Cc1nc2ccc(CN[C@@H]3CCC[C@@H]3O)cc2[nH]1. The molecule has 1 aromatic heterocycles. The molecule has 4 heteroatoms. The lowest BCUT2D eigenvalue weighted by atomic mass is 10.1. The highest BCUT2D eigenvalue weighted by Gasteiger charge is 2.24. The first-order valence-corrected chi connectivity index (χ1v) is 6.59. The molecule has 18 heavy (non-hydrogen) atoms. The van der Waals surface area contributed by atoms with Gasteiger partial charge in [-0.3, -0.25) is 0 Å². The second kappa shape index (κ2) is 4.71. The van der Waals surface area contributed by atoms with Crippen LogP contribution in [0.4, 0.5) is 0 Å². The molecule has 4 nitrogen and oxygen atoms in total. The van der Waals surface area contributed by atoms with Gasteiger partial charge in [0.05, 0.1) is 17.1 Å². The third kappa shape index (κ3) is 2.26. The first-order chi connectivity index (χ1) is 8.72. The van der Waals surface area contributed by atoms with E-state index in [1.165, 1.54) is 5.56 Å². The van der Waals surface area contributed by atoms with Crippen molar-refractivity contribution in [1.29, 1.82) is 0 Å².